The lowest BCUT2D eigenvalue weighted by Crippen LogP contribution is -2.36. The quantitative estimate of drug-likeness (QED) is 0.553. The molecule has 0 saturated carbocycles. The Hall–Kier alpha value is -0.460. The second-order valence-electron chi connectivity index (χ2n) is 5.03. The fourth-order valence-corrected chi connectivity index (χ4v) is 2.64. The van der Waals surface area contributed by atoms with E-state index in [4.69, 9.17) is 18.9 Å². The lowest BCUT2D eigenvalue weighted by molar-refractivity contribution is -0.229. The van der Waals surface area contributed by atoms with Gasteiger partial charge in [-0.25, -0.2) is 0 Å². The highest BCUT2D eigenvalue weighted by Gasteiger charge is 2.56. The molecule has 0 N–H and O–H groups in total. The smallest absolute Gasteiger partial charge is 0.353 e. The molecule has 2 heterocycles. The zero-order valence-electron chi connectivity index (χ0n) is 11.4. The Kier molecular flexibility index (Phi) is 4.28. The summed E-state index contributed by atoms with van der Waals surface area (Å²) in [6, 6.07) is 0. The molecule has 3 unspecified atom stereocenters. The van der Waals surface area contributed by atoms with Crippen molar-refractivity contribution < 1.29 is 44.7 Å². The van der Waals surface area contributed by atoms with Crippen molar-refractivity contribution in [1.82, 2.24) is 0 Å². The first-order chi connectivity index (χ1) is 9.47. The summed E-state index contributed by atoms with van der Waals surface area (Å²) >= 11 is 0. The maximum atomic E-state index is 12.2. The maximum absolute atomic E-state index is 12.2. The van der Waals surface area contributed by atoms with Gasteiger partial charge in [-0.05, 0) is 13.8 Å². The van der Waals surface area contributed by atoms with Gasteiger partial charge in [-0.3, -0.25) is 4.18 Å². The summed E-state index contributed by atoms with van der Waals surface area (Å²) in [7, 11) is -4.36. The van der Waals surface area contributed by atoms with Crippen molar-refractivity contribution in [2.45, 2.75) is 49.7 Å². The van der Waals surface area contributed by atoms with Crippen LogP contribution in [0.3, 0.4) is 0 Å². The predicted molar refractivity (Wildman–Crippen MR) is 60.4 cm³/mol. The number of alkyl halides is 3. The van der Waals surface area contributed by atoms with Gasteiger partial charge in [0.1, 0.15) is 18.3 Å². The van der Waals surface area contributed by atoms with E-state index in [0.717, 1.165) is 0 Å². The van der Waals surface area contributed by atoms with E-state index in [1.165, 1.54) is 7.11 Å². The van der Waals surface area contributed by atoms with Crippen LogP contribution >= 0.6 is 0 Å². The minimum absolute atomic E-state index is 0.674. The van der Waals surface area contributed by atoms with Crippen molar-refractivity contribution in [3.05, 3.63) is 0 Å². The van der Waals surface area contributed by atoms with E-state index >= 15 is 0 Å². The Bertz CT molecular complexity index is 489. The summed E-state index contributed by atoms with van der Waals surface area (Å²) in [4.78, 5) is 0. The van der Waals surface area contributed by atoms with E-state index in [1.807, 2.05) is 0 Å². The van der Waals surface area contributed by atoms with Crippen LogP contribution in [0.4, 0.5) is 13.2 Å². The molecule has 2 rings (SSSR count). The second-order valence-corrected chi connectivity index (χ2v) is 6.63. The topological polar surface area (TPSA) is 80.3 Å². The van der Waals surface area contributed by atoms with E-state index in [2.05, 4.69) is 4.18 Å². The highest BCUT2D eigenvalue weighted by Crippen LogP contribution is 2.39. The fraction of sp³-hybridized carbons (Fsp3) is 1.00. The lowest BCUT2D eigenvalue weighted by Gasteiger charge is -2.23. The largest absolute Gasteiger partial charge is 0.523 e. The molecule has 0 radical (unpaired) electrons. The third-order valence-electron chi connectivity index (χ3n) is 3.01. The summed E-state index contributed by atoms with van der Waals surface area (Å²) < 4.78 is 83.6. The summed E-state index contributed by atoms with van der Waals surface area (Å²) in [6.07, 6.45) is -3.39. The Morgan fingerprint density at radius 2 is 1.76 bits per heavy atom. The molecule has 0 aromatic rings. The van der Waals surface area contributed by atoms with Gasteiger partial charge in [0.15, 0.2) is 12.1 Å². The predicted octanol–water partition coefficient (Wildman–Crippen LogP) is 0.744. The van der Waals surface area contributed by atoms with Gasteiger partial charge < -0.3 is 18.9 Å². The number of ether oxygens (including phenoxy) is 4. The van der Waals surface area contributed by atoms with Crippen molar-refractivity contribution in [1.29, 1.82) is 0 Å². The first-order valence-corrected chi connectivity index (χ1v) is 7.37. The second kappa shape index (κ2) is 5.32. The molecule has 0 amide bonds. The monoisotopic (exact) mass is 336 g/mol. The average Bonchev–Trinajstić information content (AvgIpc) is 2.78. The van der Waals surface area contributed by atoms with E-state index in [9.17, 15) is 21.6 Å². The number of halogens is 3. The highest BCUT2D eigenvalue weighted by molar-refractivity contribution is 7.87. The van der Waals surface area contributed by atoms with E-state index in [1.54, 1.807) is 13.8 Å². The standard InChI is InChI=1S/C10H15F3O7S/c1-9(2)19-6-5(18-8(16-3)7(6)20-9)4-17-21(14,15)10(11,12)13/h5-8H,4H2,1-3H3/t5-,6?,7?,8?/m1/s1. The van der Waals surface area contributed by atoms with Crippen molar-refractivity contribution >= 4 is 10.1 Å². The molecule has 2 saturated heterocycles. The molecular weight excluding hydrogens is 321 g/mol. The van der Waals surface area contributed by atoms with Crippen LogP contribution in [0, 0.1) is 0 Å². The van der Waals surface area contributed by atoms with Crippen LogP contribution < -0.4 is 0 Å². The molecule has 0 spiro atoms. The van der Waals surface area contributed by atoms with Gasteiger partial charge in [-0.2, -0.15) is 21.6 Å². The third-order valence-corrected chi connectivity index (χ3v) is 4.02. The average molecular weight is 336 g/mol. The van der Waals surface area contributed by atoms with Crippen LogP contribution in [0.15, 0.2) is 0 Å². The molecule has 0 aromatic carbocycles. The normalized spacial score (nSPS) is 35.9. The zero-order valence-corrected chi connectivity index (χ0v) is 12.2. The van der Waals surface area contributed by atoms with Crippen LogP contribution in [0.1, 0.15) is 13.8 Å². The first kappa shape index (κ1) is 16.9. The van der Waals surface area contributed by atoms with E-state index in [-0.39, 0.29) is 0 Å². The summed E-state index contributed by atoms with van der Waals surface area (Å²) in [5.74, 6) is -0.975. The van der Waals surface area contributed by atoms with Crippen molar-refractivity contribution in [2.24, 2.45) is 0 Å². The van der Waals surface area contributed by atoms with Crippen molar-refractivity contribution in [2.75, 3.05) is 13.7 Å². The summed E-state index contributed by atoms with van der Waals surface area (Å²) in [6.45, 7) is 2.38. The van der Waals surface area contributed by atoms with Gasteiger partial charge in [0.05, 0.1) is 6.61 Å². The number of methoxy groups -OCH3 is 1. The summed E-state index contributed by atoms with van der Waals surface area (Å²) in [5, 5.41) is 0. The summed E-state index contributed by atoms with van der Waals surface area (Å²) in [5.41, 5.74) is -5.49. The molecular formula is C10H15F3O7S. The van der Waals surface area contributed by atoms with Gasteiger partial charge >= 0.3 is 15.6 Å². The van der Waals surface area contributed by atoms with Gasteiger partial charge in [-0.1, -0.05) is 0 Å². The fourth-order valence-electron chi connectivity index (χ4n) is 2.19. The number of rotatable bonds is 4. The zero-order chi connectivity index (χ0) is 16.1. The first-order valence-electron chi connectivity index (χ1n) is 5.96. The Balaban J connectivity index is 2.05. The molecule has 11 heteroatoms. The third kappa shape index (κ3) is 3.32. The lowest BCUT2D eigenvalue weighted by atomic mass is 10.1. The molecule has 0 aliphatic carbocycles. The molecule has 7 nitrogen and oxygen atoms in total. The van der Waals surface area contributed by atoms with Crippen LogP contribution in [-0.2, 0) is 33.2 Å². The van der Waals surface area contributed by atoms with Crippen LogP contribution in [0.5, 0.6) is 0 Å². The Morgan fingerprint density at radius 1 is 1.19 bits per heavy atom. The Morgan fingerprint density at radius 3 is 2.29 bits per heavy atom. The number of fused-ring (bicyclic) bond motifs is 1. The van der Waals surface area contributed by atoms with Gasteiger partial charge in [0.25, 0.3) is 0 Å². The Labute approximate surface area is 119 Å². The van der Waals surface area contributed by atoms with Crippen molar-refractivity contribution in [3.8, 4) is 0 Å². The van der Waals surface area contributed by atoms with Gasteiger partial charge in [-0.15, -0.1) is 0 Å². The van der Waals surface area contributed by atoms with Crippen LogP contribution in [0.25, 0.3) is 0 Å². The molecule has 2 fully saturated rings. The van der Waals surface area contributed by atoms with Crippen LogP contribution in [-0.4, -0.2) is 58.0 Å². The molecule has 0 bridgehead atoms. The minimum Gasteiger partial charge on any atom is -0.353 e. The molecule has 2 aliphatic heterocycles. The molecule has 4 atom stereocenters. The maximum Gasteiger partial charge on any atom is 0.523 e. The van der Waals surface area contributed by atoms with E-state index < -0.39 is 52.6 Å². The van der Waals surface area contributed by atoms with Crippen molar-refractivity contribution in [3.63, 3.8) is 0 Å². The van der Waals surface area contributed by atoms with Gasteiger partial charge in [0, 0.05) is 7.11 Å². The minimum atomic E-state index is -5.68. The molecule has 2 aliphatic rings. The molecule has 21 heavy (non-hydrogen) atoms. The highest BCUT2D eigenvalue weighted by atomic mass is 32.2. The number of hydrogen-bond acceptors (Lipinski definition) is 7. The SMILES string of the molecule is COC1O[C@H](COS(=O)(=O)C(F)(F)F)C2OC(C)(C)OC12. The number of hydrogen-bond donors (Lipinski definition) is 0. The van der Waals surface area contributed by atoms with E-state index in [0.29, 0.717) is 0 Å². The van der Waals surface area contributed by atoms with Gasteiger partial charge in [0.2, 0.25) is 0 Å². The van der Waals surface area contributed by atoms with Crippen LogP contribution in [0.2, 0.25) is 0 Å². The molecule has 0 aromatic heterocycles. The molecule has 124 valence electrons.